The summed E-state index contributed by atoms with van der Waals surface area (Å²) in [6.45, 7) is 11.7. The van der Waals surface area contributed by atoms with Crippen LogP contribution in [-0.2, 0) is 19.1 Å². The molecule has 174 valence electrons. The molecular formula is C24H33N3O5. The normalized spacial score (nSPS) is 23.8. The SMILES string of the molecule is CC(C)C(=O)Nc1ccc(C(=O)N[C@H](C(=O)N2C[C@@H](C)[C@H]3OCC(=O)[C@H]32)C(C)(C)C)cc1. The molecule has 0 unspecified atom stereocenters. The van der Waals surface area contributed by atoms with Gasteiger partial charge in [-0.05, 0) is 29.7 Å². The molecule has 0 saturated carbocycles. The Kier molecular flexibility index (Phi) is 6.74. The molecule has 32 heavy (non-hydrogen) atoms. The lowest BCUT2D eigenvalue weighted by atomic mass is 9.85. The number of ketones is 1. The van der Waals surface area contributed by atoms with Crippen molar-refractivity contribution in [3.8, 4) is 0 Å². The highest BCUT2D eigenvalue weighted by Crippen LogP contribution is 2.33. The molecular weight excluding hydrogens is 410 g/mol. The van der Waals surface area contributed by atoms with Gasteiger partial charge in [-0.1, -0.05) is 41.5 Å². The molecule has 2 saturated heterocycles. The molecule has 0 aromatic heterocycles. The molecule has 2 aliphatic heterocycles. The number of nitrogens with one attached hydrogen (secondary N) is 2. The Bertz CT molecular complexity index is 903. The van der Waals surface area contributed by atoms with Gasteiger partial charge in [-0.25, -0.2) is 0 Å². The summed E-state index contributed by atoms with van der Waals surface area (Å²) in [6, 6.07) is 5.14. The minimum atomic E-state index is -0.810. The van der Waals surface area contributed by atoms with Gasteiger partial charge in [0.05, 0.1) is 6.10 Å². The van der Waals surface area contributed by atoms with Crippen molar-refractivity contribution in [2.45, 2.75) is 59.7 Å². The quantitative estimate of drug-likeness (QED) is 0.726. The number of hydrogen-bond donors (Lipinski definition) is 2. The average molecular weight is 444 g/mol. The second-order valence-electron chi connectivity index (χ2n) is 10.1. The van der Waals surface area contributed by atoms with E-state index in [0.717, 1.165) is 0 Å². The molecule has 3 amide bonds. The van der Waals surface area contributed by atoms with Crippen LogP contribution in [0, 0.1) is 17.3 Å². The number of rotatable bonds is 5. The van der Waals surface area contributed by atoms with E-state index in [2.05, 4.69) is 10.6 Å². The number of hydrogen-bond acceptors (Lipinski definition) is 5. The summed E-state index contributed by atoms with van der Waals surface area (Å²) in [4.78, 5) is 52.2. The third-order valence-electron chi connectivity index (χ3n) is 6.05. The smallest absolute Gasteiger partial charge is 0.251 e. The Morgan fingerprint density at radius 1 is 1.12 bits per heavy atom. The largest absolute Gasteiger partial charge is 0.367 e. The van der Waals surface area contributed by atoms with E-state index in [-0.39, 0.29) is 42.1 Å². The van der Waals surface area contributed by atoms with Gasteiger partial charge in [0.15, 0.2) is 5.78 Å². The zero-order chi connectivity index (χ0) is 23.8. The number of anilines is 1. The van der Waals surface area contributed by atoms with Crippen LogP contribution in [0.25, 0.3) is 0 Å². The maximum atomic E-state index is 13.5. The second kappa shape index (κ2) is 9.02. The van der Waals surface area contributed by atoms with Crippen LogP contribution in [0.4, 0.5) is 5.69 Å². The lowest BCUT2D eigenvalue weighted by Gasteiger charge is -2.35. The Morgan fingerprint density at radius 2 is 1.75 bits per heavy atom. The van der Waals surface area contributed by atoms with E-state index in [9.17, 15) is 19.2 Å². The van der Waals surface area contributed by atoms with Crippen LogP contribution in [-0.4, -0.2) is 59.7 Å². The van der Waals surface area contributed by atoms with E-state index in [1.54, 1.807) is 43.0 Å². The molecule has 0 aliphatic carbocycles. The predicted molar refractivity (Wildman–Crippen MR) is 120 cm³/mol. The van der Waals surface area contributed by atoms with Gasteiger partial charge >= 0.3 is 0 Å². The summed E-state index contributed by atoms with van der Waals surface area (Å²) in [6.07, 6.45) is -0.281. The number of benzene rings is 1. The first-order chi connectivity index (χ1) is 14.9. The number of amides is 3. The van der Waals surface area contributed by atoms with Gasteiger partial charge in [0.1, 0.15) is 18.7 Å². The molecule has 0 radical (unpaired) electrons. The van der Waals surface area contributed by atoms with Crippen LogP contribution in [0.2, 0.25) is 0 Å². The fraction of sp³-hybridized carbons (Fsp3) is 0.583. The zero-order valence-corrected chi connectivity index (χ0v) is 19.6. The Labute approximate surface area is 189 Å². The summed E-state index contributed by atoms with van der Waals surface area (Å²) in [5.74, 6) is -0.959. The number of carbonyl (C=O) groups is 4. The molecule has 2 heterocycles. The maximum Gasteiger partial charge on any atom is 0.251 e. The Balaban J connectivity index is 1.75. The Hall–Kier alpha value is -2.74. The van der Waals surface area contributed by atoms with Crippen molar-refractivity contribution in [2.75, 3.05) is 18.5 Å². The molecule has 2 N–H and O–H groups in total. The zero-order valence-electron chi connectivity index (χ0n) is 19.6. The number of nitrogens with zero attached hydrogens (tertiary/aromatic N) is 1. The summed E-state index contributed by atoms with van der Waals surface area (Å²) < 4.78 is 5.59. The van der Waals surface area contributed by atoms with Gasteiger partial charge in [0.25, 0.3) is 5.91 Å². The van der Waals surface area contributed by atoms with Crippen molar-refractivity contribution in [3.05, 3.63) is 29.8 Å². The highest BCUT2D eigenvalue weighted by molar-refractivity contribution is 6.00. The summed E-state index contributed by atoms with van der Waals surface area (Å²) in [5, 5.41) is 5.65. The predicted octanol–water partition coefficient (Wildman–Crippen LogP) is 2.24. The van der Waals surface area contributed by atoms with E-state index in [1.807, 2.05) is 27.7 Å². The van der Waals surface area contributed by atoms with Crippen molar-refractivity contribution in [1.29, 1.82) is 0 Å². The van der Waals surface area contributed by atoms with Crippen molar-refractivity contribution < 1.29 is 23.9 Å². The third-order valence-corrected chi connectivity index (χ3v) is 6.05. The van der Waals surface area contributed by atoms with Crippen molar-refractivity contribution in [3.63, 3.8) is 0 Å². The molecule has 1 aromatic carbocycles. The highest BCUT2D eigenvalue weighted by atomic mass is 16.5. The first kappa shape index (κ1) is 23.9. The van der Waals surface area contributed by atoms with E-state index < -0.39 is 23.4 Å². The van der Waals surface area contributed by atoms with Crippen molar-refractivity contribution >= 4 is 29.2 Å². The summed E-state index contributed by atoms with van der Waals surface area (Å²) in [5.41, 5.74) is 0.407. The first-order valence-electron chi connectivity index (χ1n) is 11.1. The topological polar surface area (TPSA) is 105 Å². The van der Waals surface area contributed by atoms with Crippen LogP contribution in [0.5, 0.6) is 0 Å². The lowest BCUT2D eigenvalue weighted by Crippen LogP contribution is -2.57. The van der Waals surface area contributed by atoms with E-state index in [0.29, 0.717) is 17.8 Å². The van der Waals surface area contributed by atoms with Crippen LogP contribution < -0.4 is 10.6 Å². The summed E-state index contributed by atoms with van der Waals surface area (Å²) in [7, 11) is 0. The Morgan fingerprint density at radius 3 is 2.31 bits per heavy atom. The molecule has 0 spiro atoms. The number of likely N-dealkylation sites (tertiary alicyclic amines) is 1. The van der Waals surface area contributed by atoms with Crippen molar-refractivity contribution in [1.82, 2.24) is 10.2 Å². The first-order valence-corrected chi connectivity index (χ1v) is 11.1. The van der Waals surface area contributed by atoms with E-state index in [4.69, 9.17) is 4.74 Å². The third kappa shape index (κ3) is 4.85. The van der Waals surface area contributed by atoms with Gasteiger partial charge in [0, 0.05) is 29.6 Å². The molecule has 8 heteroatoms. The van der Waals surface area contributed by atoms with Crippen LogP contribution >= 0.6 is 0 Å². The molecule has 8 nitrogen and oxygen atoms in total. The summed E-state index contributed by atoms with van der Waals surface area (Å²) >= 11 is 0. The van der Waals surface area contributed by atoms with E-state index in [1.165, 1.54) is 0 Å². The number of carbonyl (C=O) groups excluding carboxylic acids is 4. The maximum absolute atomic E-state index is 13.5. The monoisotopic (exact) mass is 443 g/mol. The number of Topliss-reactive ketones (excluding diaryl/α,β-unsaturated/α-hetero) is 1. The van der Waals surface area contributed by atoms with Gasteiger partial charge in [-0.15, -0.1) is 0 Å². The fourth-order valence-electron chi connectivity index (χ4n) is 4.14. The molecule has 1 aromatic rings. The van der Waals surface area contributed by atoms with Gasteiger partial charge in [0.2, 0.25) is 11.8 Å². The van der Waals surface area contributed by atoms with Gasteiger partial charge in [-0.3, -0.25) is 19.2 Å². The van der Waals surface area contributed by atoms with Gasteiger partial charge in [-0.2, -0.15) is 0 Å². The van der Waals surface area contributed by atoms with Crippen LogP contribution in [0.1, 0.15) is 51.9 Å². The van der Waals surface area contributed by atoms with Gasteiger partial charge < -0.3 is 20.3 Å². The highest BCUT2D eigenvalue weighted by Gasteiger charge is 2.52. The minimum Gasteiger partial charge on any atom is -0.367 e. The molecule has 4 atom stereocenters. The van der Waals surface area contributed by atoms with Crippen LogP contribution in [0.3, 0.4) is 0 Å². The number of ether oxygens (including phenoxy) is 1. The second-order valence-corrected chi connectivity index (χ2v) is 10.1. The van der Waals surface area contributed by atoms with Crippen LogP contribution in [0.15, 0.2) is 24.3 Å². The standard InChI is InChI=1S/C24H33N3O5/c1-13(2)21(29)25-16-9-7-15(8-10-16)22(30)26-20(24(4,5)6)23(31)27-11-14(3)19-18(27)17(28)12-32-19/h7-10,13-14,18-20H,11-12H2,1-6H3,(H,25,29)(H,26,30)/t14-,18-,19-,20-/m1/s1. The average Bonchev–Trinajstić information content (AvgIpc) is 3.26. The number of fused-ring (bicyclic) bond motifs is 1. The fourth-order valence-corrected chi connectivity index (χ4v) is 4.14. The van der Waals surface area contributed by atoms with E-state index >= 15 is 0 Å². The molecule has 2 fully saturated rings. The molecule has 2 aliphatic rings. The minimum absolute atomic E-state index is 0.0235. The lowest BCUT2D eigenvalue weighted by molar-refractivity contribution is -0.140. The molecule has 0 bridgehead atoms. The van der Waals surface area contributed by atoms with Crippen molar-refractivity contribution in [2.24, 2.45) is 17.3 Å². The molecule has 3 rings (SSSR count).